The molecule has 0 heterocycles. The fraction of sp³-hybridized carbons (Fsp3) is 0.533. The SMILES string of the molecule is CCC(C)(C)c1ccc(OC(C)=O)c(C)c1C. The molecule has 0 aliphatic heterocycles. The standard InChI is InChI=1S/C15H22O2/c1-7-15(5,6)13-8-9-14(17-12(4)16)11(3)10(13)2/h8-9H,7H2,1-6H3. The number of hydrogen-bond acceptors (Lipinski definition) is 2. The molecule has 94 valence electrons. The third kappa shape index (κ3) is 2.87. The van der Waals surface area contributed by atoms with Crippen molar-refractivity contribution < 1.29 is 9.53 Å². The van der Waals surface area contributed by atoms with E-state index in [2.05, 4.69) is 33.8 Å². The van der Waals surface area contributed by atoms with Crippen LogP contribution in [0.2, 0.25) is 0 Å². The molecule has 0 atom stereocenters. The van der Waals surface area contributed by atoms with E-state index in [9.17, 15) is 4.79 Å². The monoisotopic (exact) mass is 234 g/mol. The molecule has 0 saturated heterocycles. The van der Waals surface area contributed by atoms with E-state index in [1.807, 2.05) is 13.0 Å². The third-order valence-electron chi connectivity index (χ3n) is 3.60. The van der Waals surface area contributed by atoms with Gasteiger partial charge in [-0.3, -0.25) is 4.79 Å². The van der Waals surface area contributed by atoms with Gasteiger partial charge in [-0.1, -0.05) is 26.8 Å². The maximum absolute atomic E-state index is 11.0. The third-order valence-corrected chi connectivity index (χ3v) is 3.60. The summed E-state index contributed by atoms with van der Waals surface area (Å²) in [6, 6.07) is 3.97. The Hall–Kier alpha value is -1.31. The van der Waals surface area contributed by atoms with Gasteiger partial charge < -0.3 is 4.74 Å². The van der Waals surface area contributed by atoms with Gasteiger partial charge in [0, 0.05) is 6.92 Å². The normalized spacial score (nSPS) is 11.4. The predicted octanol–water partition coefficient (Wildman–Crippen LogP) is 3.92. The molecule has 0 fully saturated rings. The van der Waals surface area contributed by atoms with Crippen LogP contribution in [0.3, 0.4) is 0 Å². The Morgan fingerprint density at radius 1 is 1.24 bits per heavy atom. The Bertz CT molecular complexity index is 431. The molecule has 2 nitrogen and oxygen atoms in total. The minimum absolute atomic E-state index is 0.156. The highest BCUT2D eigenvalue weighted by Gasteiger charge is 2.22. The number of ether oxygens (including phenoxy) is 1. The average Bonchev–Trinajstić information content (AvgIpc) is 2.24. The van der Waals surface area contributed by atoms with E-state index in [0.29, 0.717) is 5.75 Å². The van der Waals surface area contributed by atoms with Gasteiger partial charge in [-0.15, -0.1) is 0 Å². The van der Waals surface area contributed by atoms with Crippen LogP contribution in [0.1, 0.15) is 50.8 Å². The van der Waals surface area contributed by atoms with Gasteiger partial charge in [0.2, 0.25) is 0 Å². The molecule has 0 aliphatic rings. The van der Waals surface area contributed by atoms with Crippen LogP contribution in [0, 0.1) is 13.8 Å². The number of rotatable bonds is 3. The van der Waals surface area contributed by atoms with Crippen LogP contribution in [0.4, 0.5) is 0 Å². The van der Waals surface area contributed by atoms with Gasteiger partial charge in [0.15, 0.2) is 0 Å². The van der Waals surface area contributed by atoms with Crippen LogP contribution >= 0.6 is 0 Å². The maximum Gasteiger partial charge on any atom is 0.308 e. The van der Waals surface area contributed by atoms with Crippen LogP contribution in [0.25, 0.3) is 0 Å². The first-order valence-corrected chi connectivity index (χ1v) is 6.08. The Morgan fingerprint density at radius 3 is 2.29 bits per heavy atom. The van der Waals surface area contributed by atoms with Gasteiger partial charge in [-0.25, -0.2) is 0 Å². The molecule has 1 rings (SSSR count). The molecule has 17 heavy (non-hydrogen) atoms. The van der Waals surface area contributed by atoms with E-state index in [0.717, 1.165) is 12.0 Å². The minimum Gasteiger partial charge on any atom is -0.426 e. The van der Waals surface area contributed by atoms with E-state index in [1.165, 1.54) is 18.1 Å². The second-order valence-corrected chi connectivity index (χ2v) is 5.19. The van der Waals surface area contributed by atoms with Crippen molar-refractivity contribution in [3.05, 3.63) is 28.8 Å². The van der Waals surface area contributed by atoms with E-state index < -0.39 is 0 Å². The van der Waals surface area contributed by atoms with Crippen LogP contribution in [0.5, 0.6) is 5.75 Å². The lowest BCUT2D eigenvalue weighted by atomic mass is 9.79. The molecule has 0 radical (unpaired) electrons. The van der Waals surface area contributed by atoms with Crippen molar-refractivity contribution in [3.8, 4) is 5.75 Å². The maximum atomic E-state index is 11.0. The zero-order chi connectivity index (χ0) is 13.2. The topological polar surface area (TPSA) is 26.3 Å². The van der Waals surface area contributed by atoms with E-state index in [4.69, 9.17) is 4.74 Å². The summed E-state index contributed by atoms with van der Waals surface area (Å²) in [6.45, 7) is 12.2. The highest BCUT2D eigenvalue weighted by Crippen LogP contribution is 2.34. The lowest BCUT2D eigenvalue weighted by molar-refractivity contribution is -0.131. The molecule has 2 heteroatoms. The highest BCUT2D eigenvalue weighted by molar-refractivity contribution is 5.70. The van der Waals surface area contributed by atoms with Gasteiger partial charge in [-0.05, 0) is 48.4 Å². The molecule has 0 saturated carbocycles. The van der Waals surface area contributed by atoms with Gasteiger partial charge in [0.1, 0.15) is 5.75 Å². The van der Waals surface area contributed by atoms with Crippen molar-refractivity contribution in [1.29, 1.82) is 0 Å². The number of benzene rings is 1. The lowest BCUT2D eigenvalue weighted by Gasteiger charge is -2.27. The van der Waals surface area contributed by atoms with Crippen LogP contribution in [-0.4, -0.2) is 5.97 Å². The van der Waals surface area contributed by atoms with Crippen molar-refractivity contribution in [2.75, 3.05) is 0 Å². The number of esters is 1. The van der Waals surface area contributed by atoms with Gasteiger partial charge in [0.05, 0.1) is 0 Å². The fourth-order valence-corrected chi connectivity index (χ4v) is 1.98. The number of carbonyl (C=O) groups excluding carboxylic acids is 1. The largest absolute Gasteiger partial charge is 0.426 e. The summed E-state index contributed by atoms with van der Waals surface area (Å²) in [5.74, 6) is 0.403. The molecule has 0 unspecified atom stereocenters. The van der Waals surface area contributed by atoms with E-state index >= 15 is 0 Å². The summed E-state index contributed by atoms with van der Waals surface area (Å²) in [5.41, 5.74) is 3.76. The first kappa shape index (κ1) is 13.8. The van der Waals surface area contributed by atoms with Crippen LogP contribution < -0.4 is 4.74 Å². The molecule has 1 aromatic carbocycles. The van der Waals surface area contributed by atoms with Crippen molar-refractivity contribution in [1.82, 2.24) is 0 Å². The molecule has 1 aromatic rings. The van der Waals surface area contributed by atoms with Crippen molar-refractivity contribution in [2.45, 2.75) is 53.4 Å². The van der Waals surface area contributed by atoms with Crippen molar-refractivity contribution in [3.63, 3.8) is 0 Å². The first-order valence-electron chi connectivity index (χ1n) is 6.08. The summed E-state index contributed by atoms with van der Waals surface area (Å²) >= 11 is 0. The second-order valence-electron chi connectivity index (χ2n) is 5.19. The quantitative estimate of drug-likeness (QED) is 0.585. The van der Waals surface area contributed by atoms with E-state index in [1.54, 1.807) is 0 Å². The molecule has 0 N–H and O–H groups in total. The molecule has 0 bridgehead atoms. The smallest absolute Gasteiger partial charge is 0.308 e. The summed E-state index contributed by atoms with van der Waals surface area (Å²) < 4.78 is 5.19. The summed E-state index contributed by atoms with van der Waals surface area (Å²) in [6.07, 6.45) is 1.08. The molecular formula is C15H22O2. The summed E-state index contributed by atoms with van der Waals surface area (Å²) in [7, 11) is 0. The lowest BCUT2D eigenvalue weighted by Crippen LogP contribution is -2.18. The molecular weight excluding hydrogens is 212 g/mol. The van der Waals surface area contributed by atoms with Crippen LogP contribution in [-0.2, 0) is 10.2 Å². The zero-order valence-electron chi connectivity index (χ0n) is 11.7. The Balaban J connectivity index is 3.24. The summed E-state index contributed by atoms with van der Waals surface area (Å²) in [5, 5.41) is 0. The molecule has 0 aromatic heterocycles. The highest BCUT2D eigenvalue weighted by atomic mass is 16.5. The Kier molecular flexibility index (Phi) is 3.97. The van der Waals surface area contributed by atoms with Crippen molar-refractivity contribution >= 4 is 5.97 Å². The Labute approximate surface area is 104 Å². The second kappa shape index (κ2) is 4.91. The van der Waals surface area contributed by atoms with Gasteiger partial charge >= 0.3 is 5.97 Å². The van der Waals surface area contributed by atoms with E-state index in [-0.39, 0.29) is 11.4 Å². The zero-order valence-corrected chi connectivity index (χ0v) is 11.7. The number of hydrogen-bond donors (Lipinski definition) is 0. The molecule has 0 amide bonds. The molecule has 0 aliphatic carbocycles. The summed E-state index contributed by atoms with van der Waals surface area (Å²) in [4.78, 5) is 11.0. The predicted molar refractivity (Wildman–Crippen MR) is 70.5 cm³/mol. The first-order chi connectivity index (χ1) is 7.79. The number of carbonyl (C=O) groups is 1. The van der Waals surface area contributed by atoms with Gasteiger partial charge in [-0.2, -0.15) is 0 Å². The van der Waals surface area contributed by atoms with Gasteiger partial charge in [0.25, 0.3) is 0 Å². The minimum atomic E-state index is -0.269. The average molecular weight is 234 g/mol. The van der Waals surface area contributed by atoms with Crippen molar-refractivity contribution in [2.24, 2.45) is 0 Å². The molecule has 0 spiro atoms. The Morgan fingerprint density at radius 2 is 1.82 bits per heavy atom. The van der Waals surface area contributed by atoms with Crippen LogP contribution in [0.15, 0.2) is 12.1 Å². The fourth-order valence-electron chi connectivity index (χ4n) is 1.98.